The molecule has 2 atom stereocenters. The third-order valence-corrected chi connectivity index (χ3v) is 0.682. The van der Waals surface area contributed by atoms with Gasteiger partial charge in [-0.25, -0.2) is 0 Å². The summed E-state index contributed by atoms with van der Waals surface area (Å²) < 4.78 is 0. The zero-order chi connectivity index (χ0) is 10.3. The number of hydrogen-bond donors (Lipinski definition) is 2. The molecule has 0 amide bonds. The van der Waals surface area contributed by atoms with Crippen molar-refractivity contribution in [2.75, 3.05) is 0 Å². The quantitative estimate of drug-likeness (QED) is 0.423. The molecule has 0 aliphatic carbocycles. The van der Waals surface area contributed by atoms with Crippen LogP contribution in [0, 0.1) is 0 Å². The van der Waals surface area contributed by atoms with Gasteiger partial charge in [0.1, 0.15) is 0 Å². The molecule has 0 aliphatic heterocycles. The van der Waals surface area contributed by atoms with Gasteiger partial charge in [0.2, 0.25) is 0 Å². The Labute approximate surface area is 79.0 Å². The van der Waals surface area contributed by atoms with E-state index in [0.29, 0.717) is 0 Å². The maximum Gasteiger partial charge on any atom is 2.00 e. The minimum absolute atomic E-state index is 0. The molecule has 0 saturated heterocycles. The molecule has 7 heteroatoms. The van der Waals surface area contributed by atoms with Gasteiger partial charge in [-0.15, -0.1) is 0 Å². The van der Waals surface area contributed by atoms with E-state index in [4.69, 9.17) is 10.2 Å². The number of aliphatic hydroxyl groups is 2. The van der Waals surface area contributed by atoms with Crippen molar-refractivity contribution >= 4 is 22.1 Å². The second-order valence-electron chi connectivity index (χ2n) is 1.99. The van der Waals surface area contributed by atoms with Gasteiger partial charge in [-0.3, -0.25) is 0 Å². The van der Waals surface area contributed by atoms with Crippen LogP contribution in [0.4, 0.5) is 0 Å². The van der Waals surface area contributed by atoms with Gasteiger partial charge in [0.25, 0.3) is 0 Å². The Morgan fingerprint density at radius 3 is 1.08 bits per heavy atom. The van der Waals surface area contributed by atoms with Crippen LogP contribution in [0.1, 0.15) is 13.8 Å². The Balaban J connectivity index is -0.000000143. The van der Waals surface area contributed by atoms with E-state index in [0.717, 1.165) is 13.8 Å². The number of rotatable bonds is 2. The summed E-state index contributed by atoms with van der Waals surface area (Å²) in [4.78, 5) is 18.7. The van der Waals surface area contributed by atoms with Crippen LogP contribution in [0.5, 0.6) is 0 Å². The smallest absolute Gasteiger partial charge is 0.547 e. The number of carboxylic acid groups (broad SMARTS) is 2. The molecule has 0 heterocycles. The number of carbonyl (C=O) groups is 2. The monoisotopic (exact) mass is 187 g/mol. The van der Waals surface area contributed by atoms with E-state index in [1.54, 1.807) is 0 Å². The van der Waals surface area contributed by atoms with Crippen LogP contribution in [0.25, 0.3) is 0 Å². The average molecular weight is 187 g/mol. The number of carboxylic acids is 2. The average Bonchev–Trinajstić information content (AvgIpc) is 1.88. The van der Waals surface area contributed by atoms with Crippen LogP contribution in [0.2, 0.25) is 0 Å². The molecule has 0 radical (unpaired) electrons. The maximum atomic E-state index is 9.34. The maximum absolute atomic E-state index is 9.34. The van der Waals surface area contributed by atoms with Gasteiger partial charge in [0.05, 0.1) is 24.1 Å². The molecule has 6 nitrogen and oxygen atoms in total. The molecule has 0 aromatic rings. The fraction of sp³-hybridized carbons (Fsp3) is 0.667. The third-order valence-electron chi connectivity index (χ3n) is 0.682. The number of aliphatic hydroxyl groups excluding tert-OH is 2. The van der Waals surface area contributed by atoms with E-state index in [1.807, 2.05) is 0 Å². The minimum Gasteiger partial charge on any atom is -0.547 e. The van der Waals surface area contributed by atoms with Gasteiger partial charge < -0.3 is 30.0 Å². The van der Waals surface area contributed by atoms with Crippen molar-refractivity contribution in [1.29, 1.82) is 0 Å². The number of hydrogen-bond acceptors (Lipinski definition) is 6. The van der Waals surface area contributed by atoms with Crippen molar-refractivity contribution in [3.63, 3.8) is 0 Å². The van der Waals surface area contributed by atoms with Crippen molar-refractivity contribution < 1.29 is 30.0 Å². The molecule has 72 valence electrons. The Bertz CT molecular complexity index is 137. The minimum atomic E-state index is -1.44. The second kappa shape index (κ2) is 9.12. The summed E-state index contributed by atoms with van der Waals surface area (Å²) in [5.41, 5.74) is 0. The van der Waals surface area contributed by atoms with Crippen molar-refractivity contribution in [1.82, 2.24) is 0 Å². The van der Waals surface area contributed by atoms with Gasteiger partial charge in [-0.2, -0.15) is 0 Å². The van der Waals surface area contributed by atoms with Crippen molar-refractivity contribution in [2.45, 2.75) is 26.1 Å². The Morgan fingerprint density at radius 1 is 1.00 bits per heavy atom. The molecular weight excluding hydrogens is 177 g/mol. The van der Waals surface area contributed by atoms with E-state index in [-0.39, 0.29) is 10.1 Å². The van der Waals surface area contributed by atoms with Crippen LogP contribution in [0.15, 0.2) is 0 Å². The van der Waals surface area contributed by atoms with Crippen LogP contribution in [0.3, 0.4) is 0 Å². The normalized spacial score (nSPS) is 12.6. The summed E-state index contributed by atoms with van der Waals surface area (Å²) in [5, 5.41) is 34.6. The Morgan fingerprint density at radius 2 is 1.08 bits per heavy atom. The van der Waals surface area contributed by atoms with Crippen LogP contribution in [-0.2, 0) is 9.59 Å². The fourth-order valence-electron chi connectivity index (χ4n) is 0. The molecule has 0 bridgehead atoms. The van der Waals surface area contributed by atoms with Gasteiger partial charge in [0.15, 0.2) is 0 Å². The predicted octanol–water partition coefficient (Wildman–Crippen LogP) is -4.15. The first kappa shape index (κ1) is 17.9. The molecule has 13 heavy (non-hydrogen) atoms. The van der Waals surface area contributed by atoms with Crippen molar-refractivity contribution in [3.8, 4) is 0 Å². The molecule has 2 N–H and O–H groups in total. The van der Waals surface area contributed by atoms with Gasteiger partial charge in [-0.1, -0.05) is 0 Å². The number of carbonyl (C=O) groups excluding carboxylic acids is 2. The molecule has 0 aromatic carbocycles. The first-order valence-corrected chi connectivity index (χ1v) is 3.06. The molecule has 0 aliphatic rings. The predicted molar refractivity (Wildman–Crippen MR) is 39.1 cm³/mol. The molecule has 0 saturated carbocycles. The zero-order valence-electron chi connectivity index (χ0n) is 7.39. The summed E-state index contributed by atoms with van der Waals surface area (Å²) >= 11 is 0. The zero-order valence-corrected chi connectivity index (χ0v) is 7.39. The summed E-state index contributed by atoms with van der Waals surface area (Å²) in [7, 11) is 0. The van der Waals surface area contributed by atoms with E-state index in [1.165, 1.54) is 0 Å². The van der Waals surface area contributed by atoms with Gasteiger partial charge >= 0.3 is 10.1 Å². The van der Waals surface area contributed by atoms with E-state index >= 15 is 0 Å². The van der Waals surface area contributed by atoms with Gasteiger partial charge in [0, 0.05) is 0 Å². The Kier molecular flexibility index (Phi) is 12.6. The summed E-state index contributed by atoms with van der Waals surface area (Å²) in [6.45, 7) is 2.27. The standard InChI is InChI=1S/2C3H6O3.Be/c2*1-2(4)3(5)6;/h2*2,4H,1H3,(H,5,6);/q;;+2/p-2. The molecule has 0 fully saturated rings. The topological polar surface area (TPSA) is 121 Å². The molecule has 0 aromatic heterocycles. The first-order chi connectivity index (χ1) is 5.29. The van der Waals surface area contributed by atoms with Crippen LogP contribution < -0.4 is 10.2 Å². The first-order valence-electron chi connectivity index (χ1n) is 3.06. The second-order valence-corrected chi connectivity index (χ2v) is 1.99. The largest absolute Gasteiger partial charge is 2.00 e. The molecule has 2 unspecified atom stereocenters. The van der Waals surface area contributed by atoms with E-state index in [2.05, 4.69) is 0 Å². The van der Waals surface area contributed by atoms with Crippen molar-refractivity contribution in [2.24, 2.45) is 0 Å². The third kappa shape index (κ3) is 18.2. The van der Waals surface area contributed by atoms with E-state index in [9.17, 15) is 19.8 Å². The molecule has 0 spiro atoms. The summed E-state index contributed by atoms with van der Waals surface area (Å²) in [5.74, 6) is -2.87. The number of aliphatic carboxylic acids is 2. The SMILES string of the molecule is CC(O)C(=O)[O-].CC(O)C(=O)[O-].[Be+2]. The summed E-state index contributed by atoms with van der Waals surface area (Å²) in [6.07, 6.45) is -2.69. The molecule has 0 rings (SSSR count). The Hall–Kier alpha value is -0.971. The van der Waals surface area contributed by atoms with Crippen molar-refractivity contribution in [3.05, 3.63) is 0 Å². The summed E-state index contributed by atoms with van der Waals surface area (Å²) in [6, 6.07) is 0. The fourth-order valence-corrected chi connectivity index (χ4v) is 0. The molecular formula is C6H10BeO6. The van der Waals surface area contributed by atoms with Crippen LogP contribution in [-0.4, -0.2) is 44.5 Å². The van der Waals surface area contributed by atoms with E-state index < -0.39 is 24.1 Å². The van der Waals surface area contributed by atoms with Gasteiger partial charge in [-0.05, 0) is 13.8 Å². The van der Waals surface area contributed by atoms with Crippen LogP contribution >= 0.6 is 0 Å².